The van der Waals surface area contributed by atoms with Crippen molar-refractivity contribution < 1.29 is 30.8 Å². The van der Waals surface area contributed by atoms with E-state index in [4.69, 9.17) is 0 Å². The number of Topliss-reactive ketones (excluding diaryl/α,β-unsaturated/α-hetero) is 1. The van der Waals surface area contributed by atoms with Crippen molar-refractivity contribution in [1.29, 1.82) is 0 Å². The first-order chi connectivity index (χ1) is 17.4. The summed E-state index contributed by atoms with van der Waals surface area (Å²) in [5.74, 6) is -3.71. The van der Waals surface area contributed by atoms with Crippen LogP contribution < -0.4 is 14.9 Å². The average molecular weight is 543 g/mol. The molecule has 1 aromatic heterocycles. The summed E-state index contributed by atoms with van der Waals surface area (Å²) in [4.78, 5) is 32.2. The Morgan fingerprint density at radius 3 is 2.62 bits per heavy atom. The summed E-state index contributed by atoms with van der Waals surface area (Å²) in [6, 6.07) is 10.7. The number of rotatable bonds is 5. The van der Waals surface area contributed by atoms with Gasteiger partial charge in [-0.15, -0.1) is 0 Å². The molecule has 2 aliphatic heterocycles. The number of pyridine rings is 1. The molecule has 13 heteroatoms. The van der Waals surface area contributed by atoms with Crippen LogP contribution >= 0.6 is 0 Å². The molecule has 2 aliphatic rings. The van der Waals surface area contributed by atoms with Crippen LogP contribution in [0.5, 0.6) is 0 Å². The fourth-order valence-electron chi connectivity index (χ4n) is 4.29. The monoisotopic (exact) mass is 542 g/mol. The van der Waals surface area contributed by atoms with Crippen LogP contribution in [0.1, 0.15) is 15.9 Å². The number of nitrogens with zero attached hydrogens (tertiary/aromatic N) is 2. The standard InChI is InChI=1S/C24H19FN4O6S2/c1-36(32,33)28-16-5-6-18-21(10-16)37(34,35)13-19(27-18)22-23(30)17-9-15(25)4-7-20(17)29(24(22)31)12-14-3-2-8-26-11-14/h2-11,13,22,27-28H,12H2,1H3. The Morgan fingerprint density at radius 2 is 1.92 bits per heavy atom. The lowest BCUT2D eigenvalue weighted by molar-refractivity contribution is -0.120. The van der Waals surface area contributed by atoms with Crippen molar-refractivity contribution in [3.05, 3.63) is 89.0 Å². The van der Waals surface area contributed by atoms with Crippen molar-refractivity contribution >= 4 is 48.6 Å². The molecule has 3 aromatic rings. The lowest BCUT2D eigenvalue weighted by Gasteiger charge is -2.35. The Labute approximate surface area is 211 Å². The third-order valence-corrected chi connectivity index (χ3v) is 7.94. The van der Waals surface area contributed by atoms with Gasteiger partial charge >= 0.3 is 0 Å². The van der Waals surface area contributed by atoms with Gasteiger partial charge in [-0.1, -0.05) is 6.07 Å². The molecule has 0 bridgehead atoms. The molecule has 37 heavy (non-hydrogen) atoms. The summed E-state index contributed by atoms with van der Waals surface area (Å²) in [7, 11) is -7.85. The second-order valence-electron chi connectivity index (χ2n) is 8.57. The summed E-state index contributed by atoms with van der Waals surface area (Å²) >= 11 is 0. The summed E-state index contributed by atoms with van der Waals surface area (Å²) in [6.07, 6.45) is 4.03. The number of hydrogen-bond acceptors (Lipinski definition) is 8. The van der Waals surface area contributed by atoms with Crippen LogP contribution in [0, 0.1) is 11.7 Å². The van der Waals surface area contributed by atoms with Crippen LogP contribution in [0.25, 0.3) is 0 Å². The normalized spacial score (nSPS) is 18.4. The van der Waals surface area contributed by atoms with Crippen molar-refractivity contribution in [2.45, 2.75) is 11.4 Å². The van der Waals surface area contributed by atoms with E-state index in [1.165, 1.54) is 23.1 Å². The highest BCUT2D eigenvalue weighted by molar-refractivity contribution is 7.94. The predicted molar refractivity (Wildman–Crippen MR) is 133 cm³/mol. The molecule has 0 saturated carbocycles. The molecule has 0 saturated heterocycles. The number of nitrogens with one attached hydrogen (secondary N) is 2. The van der Waals surface area contributed by atoms with Gasteiger partial charge in [0.25, 0.3) is 0 Å². The van der Waals surface area contributed by atoms with Crippen molar-refractivity contribution in [2.75, 3.05) is 21.2 Å². The Kier molecular flexibility index (Phi) is 5.83. The fourth-order valence-corrected chi connectivity index (χ4v) is 6.22. The number of carbonyl (C=O) groups excluding carboxylic acids is 2. The molecule has 0 radical (unpaired) electrons. The largest absolute Gasteiger partial charge is 0.356 e. The van der Waals surface area contributed by atoms with Crippen LogP contribution in [0.2, 0.25) is 0 Å². The lowest BCUT2D eigenvalue weighted by atomic mass is 9.87. The minimum absolute atomic E-state index is 0.0201. The van der Waals surface area contributed by atoms with Gasteiger partial charge in [0.2, 0.25) is 25.8 Å². The smallest absolute Gasteiger partial charge is 0.244 e. The first kappa shape index (κ1) is 24.6. The van der Waals surface area contributed by atoms with Gasteiger partial charge in [-0.05, 0) is 48.0 Å². The lowest BCUT2D eigenvalue weighted by Crippen LogP contribution is -2.46. The Balaban J connectivity index is 1.58. The zero-order valence-electron chi connectivity index (χ0n) is 19.2. The number of halogens is 1. The second-order valence-corrected chi connectivity index (χ2v) is 12.1. The number of sulfonamides is 1. The molecule has 1 atom stereocenters. The highest BCUT2D eigenvalue weighted by atomic mass is 32.2. The van der Waals surface area contributed by atoms with Crippen LogP contribution in [0.15, 0.2) is 76.9 Å². The Morgan fingerprint density at radius 1 is 1.14 bits per heavy atom. The van der Waals surface area contributed by atoms with Crippen LogP contribution in [-0.2, 0) is 31.2 Å². The zero-order chi connectivity index (χ0) is 26.5. The van der Waals surface area contributed by atoms with Crippen LogP contribution in [0.3, 0.4) is 0 Å². The molecule has 0 aliphatic carbocycles. The van der Waals surface area contributed by atoms with E-state index in [2.05, 4.69) is 15.0 Å². The molecule has 5 rings (SSSR count). The minimum atomic E-state index is -4.19. The number of sulfone groups is 1. The second kappa shape index (κ2) is 8.78. The molecule has 1 amide bonds. The quantitative estimate of drug-likeness (QED) is 0.469. The third-order valence-electron chi connectivity index (χ3n) is 5.82. The molecular weight excluding hydrogens is 523 g/mol. The number of anilines is 3. The number of hydrogen-bond donors (Lipinski definition) is 2. The molecule has 3 heterocycles. The first-order valence-corrected chi connectivity index (χ1v) is 14.3. The van der Waals surface area contributed by atoms with E-state index in [-0.39, 0.29) is 39.8 Å². The van der Waals surface area contributed by atoms with E-state index in [1.807, 2.05) is 0 Å². The van der Waals surface area contributed by atoms with E-state index in [1.54, 1.807) is 24.5 Å². The van der Waals surface area contributed by atoms with Crippen LogP contribution in [0.4, 0.5) is 21.5 Å². The topological polar surface area (TPSA) is 143 Å². The highest BCUT2D eigenvalue weighted by Gasteiger charge is 2.44. The van der Waals surface area contributed by atoms with Crippen molar-refractivity contribution in [3.63, 3.8) is 0 Å². The van der Waals surface area contributed by atoms with Gasteiger partial charge in [0.1, 0.15) is 11.7 Å². The maximum Gasteiger partial charge on any atom is 0.244 e. The first-order valence-electron chi connectivity index (χ1n) is 10.8. The molecule has 1 unspecified atom stereocenters. The van der Waals surface area contributed by atoms with E-state index < -0.39 is 43.3 Å². The van der Waals surface area contributed by atoms with Crippen molar-refractivity contribution in [3.8, 4) is 0 Å². The average Bonchev–Trinajstić information content (AvgIpc) is 2.82. The van der Waals surface area contributed by atoms with Gasteiger partial charge in [-0.3, -0.25) is 19.3 Å². The van der Waals surface area contributed by atoms with E-state index >= 15 is 0 Å². The number of aromatic nitrogens is 1. The fraction of sp³-hybridized carbons (Fsp3) is 0.125. The van der Waals surface area contributed by atoms with E-state index in [9.17, 15) is 30.8 Å². The molecule has 0 spiro atoms. The highest BCUT2D eigenvalue weighted by Crippen LogP contribution is 2.39. The number of ketones is 1. The van der Waals surface area contributed by atoms with Crippen LogP contribution in [-0.4, -0.2) is 39.8 Å². The molecule has 10 nitrogen and oxygen atoms in total. The summed E-state index contributed by atoms with van der Waals surface area (Å²) in [5.41, 5.74) is 0.673. The SMILES string of the molecule is CS(=O)(=O)Nc1ccc2c(c1)S(=O)(=O)C=C(C1C(=O)c3cc(F)ccc3N(Cc3cccnc3)C1=O)N2. The van der Waals surface area contributed by atoms with Gasteiger partial charge in [-0.2, -0.15) is 0 Å². The number of carbonyl (C=O) groups is 2. The van der Waals surface area contributed by atoms with Crippen molar-refractivity contribution in [1.82, 2.24) is 4.98 Å². The molecule has 2 N–H and O–H groups in total. The summed E-state index contributed by atoms with van der Waals surface area (Å²) in [5, 5.41) is 3.60. The Bertz CT molecular complexity index is 1710. The number of fused-ring (bicyclic) bond motifs is 2. The number of amides is 1. The third kappa shape index (κ3) is 4.70. The van der Waals surface area contributed by atoms with Crippen molar-refractivity contribution in [2.24, 2.45) is 5.92 Å². The van der Waals surface area contributed by atoms with E-state index in [0.717, 1.165) is 29.9 Å². The Hall–Kier alpha value is -4.10. The van der Waals surface area contributed by atoms with Gasteiger partial charge in [0, 0.05) is 29.3 Å². The molecular formula is C24H19FN4O6S2. The number of benzene rings is 2. The van der Waals surface area contributed by atoms with Gasteiger partial charge in [0.15, 0.2) is 5.78 Å². The maximum atomic E-state index is 14.1. The summed E-state index contributed by atoms with van der Waals surface area (Å²) < 4.78 is 65.7. The molecule has 2 aromatic carbocycles. The maximum absolute atomic E-state index is 14.1. The van der Waals surface area contributed by atoms with Gasteiger partial charge in [0.05, 0.1) is 34.5 Å². The summed E-state index contributed by atoms with van der Waals surface area (Å²) in [6.45, 7) is 0.0201. The zero-order valence-corrected chi connectivity index (χ0v) is 20.8. The van der Waals surface area contributed by atoms with Gasteiger partial charge < -0.3 is 10.2 Å². The minimum Gasteiger partial charge on any atom is -0.356 e. The predicted octanol–water partition coefficient (Wildman–Crippen LogP) is 2.68. The molecule has 0 fully saturated rings. The molecule has 190 valence electrons. The van der Waals surface area contributed by atoms with E-state index in [0.29, 0.717) is 5.56 Å². The van der Waals surface area contributed by atoms with Gasteiger partial charge in [-0.25, -0.2) is 21.2 Å².